The highest BCUT2D eigenvalue weighted by Crippen LogP contribution is 2.79. The lowest BCUT2D eigenvalue weighted by molar-refractivity contribution is -0.135. The molecule has 1 N–H and O–H groups in total. The van der Waals surface area contributed by atoms with Crippen molar-refractivity contribution in [3.63, 3.8) is 0 Å². The van der Waals surface area contributed by atoms with Crippen LogP contribution >= 0.6 is 0 Å². The van der Waals surface area contributed by atoms with Crippen LogP contribution in [0.1, 0.15) is 86.0 Å². The van der Waals surface area contributed by atoms with Gasteiger partial charge in [-0.1, -0.05) is 40.2 Å². The molecule has 4 saturated carbocycles. The van der Waals surface area contributed by atoms with E-state index in [9.17, 15) is 9.90 Å². The van der Waals surface area contributed by atoms with Gasteiger partial charge in [-0.05, 0) is 97.7 Å². The van der Waals surface area contributed by atoms with E-state index in [0.717, 1.165) is 30.3 Å². The Morgan fingerprint density at radius 1 is 1.07 bits per heavy atom. The maximum Gasteiger partial charge on any atom is 0.332 e. The number of hydrogen-bond donors (Lipinski definition) is 1. The highest BCUT2D eigenvalue weighted by Gasteiger charge is 2.72. The fraction of sp³-hybridized carbons (Fsp3) is 0.880. The largest absolute Gasteiger partial charge is 0.478 e. The molecule has 1 spiro atoms. The molecule has 4 fully saturated rings. The van der Waals surface area contributed by atoms with Crippen LogP contribution in [0.25, 0.3) is 0 Å². The van der Waals surface area contributed by atoms with Crippen molar-refractivity contribution in [1.29, 1.82) is 0 Å². The normalized spacial score (nSPS) is 53.5. The second-order valence-corrected chi connectivity index (χ2v) is 11.9. The summed E-state index contributed by atoms with van der Waals surface area (Å²) in [7, 11) is 0. The second-order valence-electron chi connectivity index (χ2n) is 11.9. The van der Waals surface area contributed by atoms with Gasteiger partial charge in [-0.25, -0.2) is 4.79 Å². The summed E-state index contributed by atoms with van der Waals surface area (Å²) in [6, 6.07) is 0. The first-order valence-corrected chi connectivity index (χ1v) is 11.6. The monoisotopic (exact) mass is 370 g/mol. The van der Waals surface area contributed by atoms with Crippen LogP contribution in [-0.4, -0.2) is 11.1 Å². The van der Waals surface area contributed by atoms with Gasteiger partial charge < -0.3 is 5.11 Å². The summed E-state index contributed by atoms with van der Waals surface area (Å²) in [6.07, 6.45) is 9.92. The minimum absolute atomic E-state index is 0.0133. The zero-order chi connectivity index (χ0) is 19.4. The number of fused-ring (bicyclic) bond motifs is 3. The molecular formula is C25H38O2. The first-order chi connectivity index (χ1) is 12.7. The maximum atomic E-state index is 12.7. The summed E-state index contributed by atoms with van der Waals surface area (Å²) >= 11 is 0. The lowest BCUT2D eigenvalue weighted by Gasteiger charge is -2.49. The van der Waals surface area contributed by atoms with E-state index in [0.29, 0.717) is 29.1 Å². The molecule has 2 nitrogen and oxygen atoms in total. The number of aliphatic carboxylic acids is 1. The molecule has 0 radical (unpaired) electrons. The van der Waals surface area contributed by atoms with Crippen molar-refractivity contribution in [2.45, 2.75) is 86.0 Å². The summed E-state index contributed by atoms with van der Waals surface area (Å²) in [6.45, 7) is 12.2. The molecule has 2 heteroatoms. The molecule has 0 bridgehead atoms. The number of carboxylic acids is 1. The fourth-order valence-electron chi connectivity index (χ4n) is 9.65. The van der Waals surface area contributed by atoms with Gasteiger partial charge in [0.15, 0.2) is 0 Å². The van der Waals surface area contributed by atoms with Gasteiger partial charge in [0.25, 0.3) is 0 Å². The molecule has 0 saturated heterocycles. The van der Waals surface area contributed by atoms with Crippen molar-refractivity contribution >= 4 is 5.97 Å². The third-order valence-electron chi connectivity index (χ3n) is 10.9. The van der Waals surface area contributed by atoms with Crippen molar-refractivity contribution in [1.82, 2.24) is 0 Å². The van der Waals surface area contributed by atoms with Crippen LogP contribution in [0.5, 0.6) is 0 Å². The Morgan fingerprint density at radius 2 is 1.81 bits per heavy atom. The van der Waals surface area contributed by atoms with Gasteiger partial charge in [0, 0.05) is 11.0 Å². The number of hydrogen-bond acceptors (Lipinski definition) is 1. The molecule has 0 aromatic heterocycles. The second kappa shape index (κ2) is 5.42. The van der Waals surface area contributed by atoms with Crippen molar-refractivity contribution < 1.29 is 9.90 Å². The summed E-state index contributed by atoms with van der Waals surface area (Å²) in [5, 5.41) is 10.5. The molecule has 0 aromatic rings. The predicted molar refractivity (Wildman–Crippen MR) is 108 cm³/mol. The SMILES string of the molecule is CC(C)[C@@H]1CC[C@]2(C)C[C@H]3C(=C(C(=O)O)C45CC[C@@H](C)[C@@H]4CC[C@@]35C)C[C@@H]12. The Labute approximate surface area is 165 Å². The number of allylic oxidation sites excluding steroid dienone is 1. The van der Waals surface area contributed by atoms with E-state index < -0.39 is 5.97 Å². The quantitative estimate of drug-likeness (QED) is 0.618. The smallest absolute Gasteiger partial charge is 0.332 e. The van der Waals surface area contributed by atoms with Crippen molar-refractivity contribution in [3.05, 3.63) is 11.1 Å². The average molecular weight is 371 g/mol. The first kappa shape index (κ1) is 18.3. The molecule has 0 heterocycles. The van der Waals surface area contributed by atoms with Gasteiger partial charge in [0.2, 0.25) is 0 Å². The van der Waals surface area contributed by atoms with E-state index in [4.69, 9.17) is 0 Å². The Balaban J connectivity index is 1.66. The van der Waals surface area contributed by atoms with Gasteiger partial charge in [0.05, 0.1) is 0 Å². The lowest BCUT2D eigenvalue weighted by atomic mass is 9.54. The fourth-order valence-corrected chi connectivity index (χ4v) is 9.65. The molecule has 1 unspecified atom stereocenters. The van der Waals surface area contributed by atoms with Crippen LogP contribution in [0.4, 0.5) is 0 Å². The Hall–Kier alpha value is -0.790. The molecule has 5 aliphatic carbocycles. The van der Waals surface area contributed by atoms with Gasteiger partial charge in [0.1, 0.15) is 0 Å². The van der Waals surface area contributed by atoms with Gasteiger partial charge in [-0.2, -0.15) is 0 Å². The third kappa shape index (κ3) is 1.96. The molecule has 0 aliphatic heterocycles. The summed E-state index contributed by atoms with van der Waals surface area (Å²) in [4.78, 5) is 12.7. The molecule has 150 valence electrons. The first-order valence-electron chi connectivity index (χ1n) is 11.6. The number of carbonyl (C=O) groups is 1. The van der Waals surface area contributed by atoms with Crippen LogP contribution in [-0.2, 0) is 4.79 Å². The van der Waals surface area contributed by atoms with Crippen molar-refractivity contribution in [2.24, 2.45) is 51.8 Å². The van der Waals surface area contributed by atoms with Crippen molar-refractivity contribution in [2.75, 3.05) is 0 Å². The topological polar surface area (TPSA) is 37.3 Å². The molecule has 8 atom stereocenters. The van der Waals surface area contributed by atoms with E-state index in [1.54, 1.807) is 0 Å². The predicted octanol–water partition coefficient (Wildman–Crippen LogP) is 6.31. The molecule has 0 aromatic carbocycles. The Morgan fingerprint density at radius 3 is 2.48 bits per heavy atom. The highest BCUT2D eigenvalue weighted by molar-refractivity contribution is 5.91. The lowest BCUT2D eigenvalue weighted by Crippen LogP contribution is -2.43. The van der Waals surface area contributed by atoms with Crippen molar-refractivity contribution in [3.8, 4) is 0 Å². The van der Waals surface area contributed by atoms with Crippen LogP contribution in [0.3, 0.4) is 0 Å². The van der Waals surface area contributed by atoms with E-state index >= 15 is 0 Å². The molecule has 5 aliphatic rings. The van der Waals surface area contributed by atoms with Gasteiger partial charge in [-0.15, -0.1) is 0 Å². The summed E-state index contributed by atoms with van der Waals surface area (Å²) in [5.41, 5.74) is 2.97. The Bertz CT molecular complexity index is 720. The van der Waals surface area contributed by atoms with E-state index in [2.05, 4.69) is 34.6 Å². The number of rotatable bonds is 2. The van der Waals surface area contributed by atoms with E-state index in [1.807, 2.05) is 0 Å². The zero-order valence-electron chi connectivity index (χ0n) is 18.0. The van der Waals surface area contributed by atoms with Crippen LogP contribution in [0.2, 0.25) is 0 Å². The van der Waals surface area contributed by atoms with Crippen LogP contribution in [0.15, 0.2) is 11.1 Å². The summed E-state index contributed by atoms with van der Waals surface area (Å²) < 4.78 is 0. The zero-order valence-corrected chi connectivity index (χ0v) is 18.0. The Kier molecular flexibility index (Phi) is 3.66. The maximum absolute atomic E-state index is 12.7. The number of carboxylic acid groups (broad SMARTS) is 1. The standard InChI is InChI=1S/C25H38O2/c1-14(2)16-7-9-23(4)13-20-17(12-19(16)23)21(22(26)27)25-11-6-15(3)18(25)8-10-24(20,25)5/h14-16,18-20H,6-13H2,1-5H3,(H,26,27)/t15-,16+,18+,19+,20+,23-,24+,25?/m1/s1. The minimum atomic E-state index is -0.567. The third-order valence-corrected chi connectivity index (χ3v) is 10.9. The van der Waals surface area contributed by atoms with Gasteiger partial charge in [-0.3, -0.25) is 0 Å². The van der Waals surface area contributed by atoms with E-state index in [1.165, 1.54) is 44.1 Å². The molecule has 5 rings (SSSR count). The molecular weight excluding hydrogens is 332 g/mol. The highest BCUT2D eigenvalue weighted by atomic mass is 16.4. The molecule has 27 heavy (non-hydrogen) atoms. The average Bonchev–Trinajstić information content (AvgIpc) is 3.23. The van der Waals surface area contributed by atoms with Crippen LogP contribution in [0, 0.1) is 51.8 Å². The van der Waals surface area contributed by atoms with E-state index in [-0.39, 0.29) is 10.8 Å². The van der Waals surface area contributed by atoms with Gasteiger partial charge >= 0.3 is 5.97 Å². The summed E-state index contributed by atoms with van der Waals surface area (Å²) in [5.74, 6) is 3.47. The minimum Gasteiger partial charge on any atom is -0.478 e. The molecule has 0 amide bonds. The van der Waals surface area contributed by atoms with Crippen LogP contribution < -0.4 is 0 Å².